The number of likely N-dealkylation sites (N-methyl/N-ethyl adjacent to an activating group) is 1. The summed E-state index contributed by atoms with van der Waals surface area (Å²) in [5.74, 6) is 0. The summed E-state index contributed by atoms with van der Waals surface area (Å²) in [5.41, 5.74) is 5.81. The zero-order chi connectivity index (χ0) is 13.9. The fourth-order valence-corrected chi connectivity index (χ4v) is 2.21. The fourth-order valence-electron chi connectivity index (χ4n) is 2.21. The molecule has 1 heterocycles. The highest BCUT2D eigenvalue weighted by Gasteiger charge is 2.23. The number of hydrogen-bond acceptors (Lipinski definition) is 6. The van der Waals surface area contributed by atoms with Crippen molar-refractivity contribution in [1.29, 1.82) is 0 Å². The van der Waals surface area contributed by atoms with Gasteiger partial charge in [0.25, 0.3) is 0 Å². The van der Waals surface area contributed by atoms with Crippen LogP contribution in [0.1, 0.15) is 0 Å². The average Bonchev–Trinajstić information content (AvgIpc) is 2.43. The molecule has 114 valence electrons. The molecule has 0 aromatic carbocycles. The fraction of sp³-hybridized carbons (Fsp3) is 1.00. The third kappa shape index (κ3) is 7.20. The number of ether oxygens (including phenoxy) is 3. The summed E-state index contributed by atoms with van der Waals surface area (Å²) < 4.78 is 15.8. The van der Waals surface area contributed by atoms with Crippen molar-refractivity contribution in [3.8, 4) is 0 Å². The minimum Gasteiger partial charge on any atom is -0.382 e. The van der Waals surface area contributed by atoms with Crippen molar-refractivity contribution in [2.75, 3.05) is 79.9 Å². The number of rotatable bonds is 10. The van der Waals surface area contributed by atoms with Gasteiger partial charge in [-0.05, 0) is 7.05 Å². The monoisotopic (exact) mass is 275 g/mol. The molecule has 0 aromatic heterocycles. The maximum absolute atomic E-state index is 5.81. The Morgan fingerprint density at radius 3 is 2.42 bits per heavy atom. The molecule has 6 nitrogen and oxygen atoms in total. The molecule has 2 N–H and O–H groups in total. The number of nitrogens with zero attached hydrogens (tertiary/aromatic N) is 2. The molecule has 1 saturated heterocycles. The standard InChI is InChI=1S/C13H29N3O3/c1-15-3-4-16(13(11-14)12-15)5-6-18-9-10-19-8-7-17-2/h13H,3-12,14H2,1-2H3. The number of methoxy groups -OCH3 is 1. The van der Waals surface area contributed by atoms with E-state index in [0.717, 1.165) is 32.8 Å². The highest BCUT2D eigenvalue weighted by atomic mass is 16.5. The molecular formula is C13H29N3O3. The van der Waals surface area contributed by atoms with Crippen LogP contribution in [-0.4, -0.2) is 95.8 Å². The summed E-state index contributed by atoms with van der Waals surface area (Å²) >= 11 is 0. The quantitative estimate of drug-likeness (QED) is 0.529. The van der Waals surface area contributed by atoms with Crippen LogP contribution < -0.4 is 5.73 Å². The van der Waals surface area contributed by atoms with E-state index in [2.05, 4.69) is 16.8 Å². The van der Waals surface area contributed by atoms with Crippen LogP contribution in [-0.2, 0) is 14.2 Å². The molecule has 0 bridgehead atoms. The Bertz CT molecular complexity index is 219. The van der Waals surface area contributed by atoms with Gasteiger partial charge in [0.15, 0.2) is 0 Å². The van der Waals surface area contributed by atoms with Crippen molar-refractivity contribution in [3.05, 3.63) is 0 Å². The Morgan fingerprint density at radius 2 is 1.74 bits per heavy atom. The predicted molar refractivity (Wildman–Crippen MR) is 75.4 cm³/mol. The normalized spacial score (nSPS) is 21.9. The number of hydrogen-bond donors (Lipinski definition) is 1. The zero-order valence-corrected chi connectivity index (χ0v) is 12.3. The van der Waals surface area contributed by atoms with Gasteiger partial charge in [-0.15, -0.1) is 0 Å². The van der Waals surface area contributed by atoms with Crippen LogP contribution in [0.25, 0.3) is 0 Å². The maximum Gasteiger partial charge on any atom is 0.0701 e. The molecule has 1 aliphatic heterocycles. The van der Waals surface area contributed by atoms with Crippen molar-refractivity contribution >= 4 is 0 Å². The van der Waals surface area contributed by atoms with Crippen LogP contribution in [0.3, 0.4) is 0 Å². The summed E-state index contributed by atoms with van der Waals surface area (Å²) in [6.45, 7) is 8.19. The summed E-state index contributed by atoms with van der Waals surface area (Å²) in [4.78, 5) is 4.75. The molecule has 1 aliphatic rings. The lowest BCUT2D eigenvalue weighted by molar-refractivity contribution is 0.00975. The van der Waals surface area contributed by atoms with E-state index in [0.29, 0.717) is 39.0 Å². The molecule has 6 heteroatoms. The Balaban J connectivity index is 1.99. The summed E-state index contributed by atoms with van der Waals surface area (Å²) in [5, 5.41) is 0. The molecule has 0 amide bonds. The first-order valence-corrected chi connectivity index (χ1v) is 7.05. The van der Waals surface area contributed by atoms with E-state index < -0.39 is 0 Å². The van der Waals surface area contributed by atoms with E-state index in [1.807, 2.05) is 0 Å². The Hall–Kier alpha value is -0.240. The van der Waals surface area contributed by atoms with Crippen molar-refractivity contribution in [1.82, 2.24) is 9.80 Å². The lowest BCUT2D eigenvalue weighted by Gasteiger charge is -2.39. The first kappa shape index (κ1) is 16.8. The van der Waals surface area contributed by atoms with Gasteiger partial charge in [0.2, 0.25) is 0 Å². The first-order chi connectivity index (χ1) is 9.27. The average molecular weight is 275 g/mol. The van der Waals surface area contributed by atoms with Gasteiger partial charge in [-0.3, -0.25) is 4.90 Å². The van der Waals surface area contributed by atoms with Crippen molar-refractivity contribution in [2.45, 2.75) is 6.04 Å². The Kier molecular flexibility index (Phi) is 9.32. The SMILES string of the molecule is COCCOCCOCCN1CCN(C)CC1CN. The number of piperazine rings is 1. The van der Waals surface area contributed by atoms with E-state index in [1.54, 1.807) is 7.11 Å². The molecule has 0 aliphatic carbocycles. The van der Waals surface area contributed by atoms with Crippen LogP contribution in [0.2, 0.25) is 0 Å². The van der Waals surface area contributed by atoms with Crippen molar-refractivity contribution in [2.24, 2.45) is 5.73 Å². The van der Waals surface area contributed by atoms with Gasteiger partial charge in [-0.25, -0.2) is 0 Å². The van der Waals surface area contributed by atoms with Crippen molar-refractivity contribution < 1.29 is 14.2 Å². The van der Waals surface area contributed by atoms with Gasteiger partial charge in [0, 0.05) is 45.9 Å². The van der Waals surface area contributed by atoms with Crippen LogP contribution in [0.4, 0.5) is 0 Å². The molecule has 0 saturated carbocycles. The minimum absolute atomic E-state index is 0.459. The molecule has 0 spiro atoms. The van der Waals surface area contributed by atoms with Gasteiger partial charge in [0.05, 0.1) is 33.0 Å². The van der Waals surface area contributed by atoms with E-state index in [4.69, 9.17) is 19.9 Å². The third-order valence-corrected chi connectivity index (χ3v) is 3.41. The smallest absolute Gasteiger partial charge is 0.0701 e. The number of nitrogens with two attached hydrogens (primary N) is 1. The van der Waals surface area contributed by atoms with Gasteiger partial charge < -0.3 is 24.8 Å². The molecular weight excluding hydrogens is 246 g/mol. The summed E-state index contributed by atoms with van der Waals surface area (Å²) in [6.07, 6.45) is 0. The van der Waals surface area contributed by atoms with Gasteiger partial charge >= 0.3 is 0 Å². The Labute approximate surface area is 116 Å². The van der Waals surface area contributed by atoms with E-state index in [-0.39, 0.29) is 0 Å². The van der Waals surface area contributed by atoms with Crippen LogP contribution >= 0.6 is 0 Å². The maximum atomic E-state index is 5.81. The van der Waals surface area contributed by atoms with Gasteiger partial charge in [-0.1, -0.05) is 0 Å². The molecule has 1 rings (SSSR count). The molecule has 19 heavy (non-hydrogen) atoms. The molecule has 1 atom stereocenters. The van der Waals surface area contributed by atoms with E-state index >= 15 is 0 Å². The second-order valence-electron chi connectivity index (χ2n) is 4.91. The first-order valence-electron chi connectivity index (χ1n) is 7.05. The molecule has 1 fully saturated rings. The lowest BCUT2D eigenvalue weighted by atomic mass is 10.2. The topological polar surface area (TPSA) is 60.2 Å². The van der Waals surface area contributed by atoms with Crippen LogP contribution in [0, 0.1) is 0 Å². The predicted octanol–water partition coefficient (Wildman–Crippen LogP) is -0.759. The highest BCUT2D eigenvalue weighted by Crippen LogP contribution is 2.06. The Morgan fingerprint density at radius 1 is 1.05 bits per heavy atom. The van der Waals surface area contributed by atoms with Crippen molar-refractivity contribution in [3.63, 3.8) is 0 Å². The molecule has 0 aromatic rings. The van der Waals surface area contributed by atoms with Gasteiger partial charge in [0.1, 0.15) is 0 Å². The molecule has 1 unspecified atom stereocenters. The second-order valence-corrected chi connectivity index (χ2v) is 4.91. The minimum atomic E-state index is 0.459. The van der Waals surface area contributed by atoms with Gasteiger partial charge in [-0.2, -0.15) is 0 Å². The van der Waals surface area contributed by atoms with E-state index in [9.17, 15) is 0 Å². The lowest BCUT2D eigenvalue weighted by Crippen LogP contribution is -2.55. The van der Waals surface area contributed by atoms with Crippen LogP contribution in [0.5, 0.6) is 0 Å². The molecule has 0 radical (unpaired) electrons. The summed E-state index contributed by atoms with van der Waals surface area (Å²) in [6, 6.07) is 0.459. The summed E-state index contributed by atoms with van der Waals surface area (Å²) in [7, 11) is 3.82. The largest absolute Gasteiger partial charge is 0.382 e. The van der Waals surface area contributed by atoms with E-state index in [1.165, 1.54) is 0 Å². The zero-order valence-electron chi connectivity index (χ0n) is 12.3. The third-order valence-electron chi connectivity index (χ3n) is 3.41. The second kappa shape index (κ2) is 10.5. The van der Waals surface area contributed by atoms with Crippen LogP contribution in [0.15, 0.2) is 0 Å². The highest BCUT2D eigenvalue weighted by molar-refractivity contribution is 4.81.